The Hall–Kier alpha value is -2.15. The van der Waals surface area contributed by atoms with Crippen LogP contribution in [0.2, 0.25) is 0 Å². The molecule has 2 rings (SSSR count). The Morgan fingerprint density at radius 2 is 1.91 bits per heavy atom. The van der Waals surface area contributed by atoms with E-state index in [2.05, 4.69) is 5.32 Å². The number of amides is 1. The van der Waals surface area contributed by atoms with Crippen molar-refractivity contribution in [3.63, 3.8) is 0 Å². The molecule has 0 fully saturated rings. The summed E-state index contributed by atoms with van der Waals surface area (Å²) < 4.78 is 26.0. The molecule has 0 spiro atoms. The third kappa shape index (κ3) is 3.14. The number of carbonyl (C=O) groups excluding carboxylic acids is 2. The van der Waals surface area contributed by atoms with E-state index in [1.807, 2.05) is 6.92 Å². The van der Waals surface area contributed by atoms with Crippen molar-refractivity contribution in [1.82, 2.24) is 9.62 Å². The molecular weight excluding hydrogens is 316 g/mol. The van der Waals surface area contributed by atoms with E-state index in [0.29, 0.717) is 6.42 Å². The fraction of sp³-hybridized carbons (Fsp3) is 0.375. The van der Waals surface area contributed by atoms with Gasteiger partial charge in [-0.3, -0.25) is 13.9 Å². The summed E-state index contributed by atoms with van der Waals surface area (Å²) in [5, 5.41) is 2.63. The Kier molecular flexibility index (Phi) is 4.89. The van der Waals surface area contributed by atoms with Crippen molar-refractivity contribution in [3.05, 3.63) is 41.2 Å². The predicted octanol–water partition coefficient (Wildman–Crippen LogP) is 2.04. The highest BCUT2D eigenvalue weighted by Gasteiger charge is 2.38. The molecule has 0 atom stereocenters. The van der Waals surface area contributed by atoms with Crippen LogP contribution in [-0.4, -0.2) is 31.5 Å². The second-order valence-corrected chi connectivity index (χ2v) is 7.36. The van der Waals surface area contributed by atoms with Crippen LogP contribution in [0.15, 0.2) is 40.6 Å². The summed E-state index contributed by atoms with van der Waals surface area (Å²) in [6, 6.07) is 6.08. The number of rotatable bonds is 4. The smallest absolute Gasteiger partial charge is 0.264 e. The van der Waals surface area contributed by atoms with Gasteiger partial charge in [0, 0.05) is 24.7 Å². The van der Waals surface area contributed by atoms with Crippen LogP contribution in [0.25, 0.3) is 0 Å². The summed E-state index contributed by atoms with van der Waals surface area (Å²) in [7, 11) is -2.48. The lowest BCUT2D eigenvalue weighted by atomic mass is 10.1. The molecule has 7 heteroatoms. The van der Waals surface area contributed by atoms with E-state index >= 15 is 0 Å². The molecule has 0 saturated carbocycles. The zero-order valence-corrected chi connectivity index (χ0v) is 14.2. The number of ketones is 1. The number of fused-ring (bicyclic) bond motifs is 1. The molecule has 1 aromatic rings. The van der Waals surface area contributed by atoms with Gasteiger partial charge in [0.15, 0.2) is 0 Å². The minimum Gasteiger partial charge on any atom is -0.328 e. The molecule has 1 amide bonds. The van der Waals surface area contributed by atoms with E-state index in [0.717, 1.165) is 17.1 Å². The van der Waals surface area contributed by atoms with Gasteiger partial charge in [-0.05, 0) is 25.5 Å². The molecule has 124 valence electrons. The van der Waals surface area contributed by atoms with Crippen LogP contribution in [0.1, 0.15) is 43.5 Å². The fourth-order valence-electron chi connectivity index (χ4n) is 2.49. The van der Waals surface area contributed by atoms with Crippen LogP contribution in [0.3, 0.4) is 0 Å². The van der Waals surface area contributed by atoms with Gasteiger partial charge in [-0.15, -0.1) is 0 Å². The number of nitrogens with one attached hydrogen (secondary N) is 1. The molecule has 0 unspecified atom stereocenters. The van der Waals surface area contributed by atoms with Crippen LogP contribution in [0, 0.1) is 0 Å². The molecule has 0 bridgehead atoms. The van der Waals surface area contributed by atoms with Crippen molar-refractivity contribution >= 4 is 21.7 Å². The summed E-state index contributed by atoms with van der Waals surface area (Å²) in [6.07, 6.45) is 1.95. The van der Waals surface area contributed by atoms with Gasteiger partial charge in [0.1, 0.15) is 5.70 Å². The van der Waals surface area contributed by atoms with Crippen molar-refractivity contribution in [2.75, 3.05) is 7.05 Å². The van der Waals surface area contributed by atoms with E-state index in [1.54, 1.807) is 12.1 Å². The Bertz CT molecular complexity index is 781. The molecule has 6 nitrogen and oxygen atoms in total. The Morgan fingerprint density at radius 1 is 1.26 bits per heavy atom. The van der Waals surface area contributed by atoms with Gasteiger partial charge < -0.3 is 5.32 Å². The maximum atomic E-state index is 12.6. The van der Waals surface area contributed by atoms with E-state index in [9.17, 15) is 18.0 Å². The van der Waals surface area contributed by atoms with Gasteiger partial charge in [-0.1, -0.05) is 25.5 Å². The first-order valence-electron chi connectivity index (χ1n) is 7.44. The van der Waals surface area contributed by atoms with Gasteiger partial charge in [0.25, 0.3) is 10.0 Å². The molecule has 0 aromatic heterocycles. The van der Waals surface area contributed by atoms with Crippen molar-refractivity contribution < 1.29 is 18.0 Å². The summed E-state index contributed by atoms with van der Waals surface area (Å²) in [5.41, 5.74) is 0.355. The lowest BCUT2D eigenvalue weighted by Crippen LogP contribution is -2.39. The van der Waals surface area contributed by atoms with Crippen molar-refractivity contribution in [3.8, 4) is 0 Å². The Labute approximate surface area is 136 Å². The first kappa shape index (κ1) is 17.2. The normalized spacial score (nSPS) is 18.4. The zero-order valence-electron chi connectivity index (χ0n) is 13.4. The molecule has 0 radical (unpaired) electrons. The number of sulfonamides is 1. The first-order valence-corrected chi connectivity index (χ1v) is 8.88. The third-order valence-electron chi connectivity index (χ3n) is 3.74. The third-order valence-corrected chi connectivity index (χ3v) is 5.56. The van der Waals surface area contributed by atoms with Crippen LogP contribution < -0.4 is 5.32 Å². The van der Waals surface area contributed by atoms with Crippen LogP contribution in [0.4, 0.5) is 0 Å². The Balaban J connectivity index is 2.46. The highest BCUT2D eigenvalue weighted by molar-refractivity contribution is 7.89. The number of unbranched alkanes of at least 4 members (excludes halogenated alkanes) is 1. The van der Waals surface area contributed by atoms with Gasteiger partial charge in [0.05, 0.1) is 4.90 Å². The number of hydrogen-bond donors (Lipinski definition) is 1. The summed E-state index contributed by atoms with van der Waals surface area (Å²) in [6.45, 7) is 3.51. The topological polar surface area (TPSA) is 83.5 Å². The second kappa shape index (κ2) is 6.54. The van der Waals surface area contributed by atoms with Crippen LogP contribution in [-0.2, 0) is 14.8 Å². The average molecular weight is 336 g/mol. The summed E-state index contributed by atoms with van der Waals surface area (Å²) in [4.78, 5) is 24.5. The summed E-state index contributed by atoms with van der Waals surface area (Å²) >= 11 is 0. The van der Waals surface area contributed by atoms with Crippen LogP contribution >= 0.6 is 0 Å². The minimum atomic E-state index is -3.80. The fourth-order valence-corrected chi connectivity index (χ4v) is 3.94. The molecule has 23 heavy (non-hydrogen) atoms. The van der Waals surface area contributed by atoms with E-state index in [1.165, 1.54) is 26.1 Å². The Morgan fingerprint density at radius 3 is 2.57 bits per heavy atom. The highest BCUT2D eigenvalue weighted by atomic mass is 32.2. The minimum absolute atomic E-state index is 0.0126. The standard InChI is InChI=1S/C16H20N2O4S/c1-4-5-10-14(19)17-11(2)15-16(20)12-8-6-7-9-13(12)23(21,22)18(15)3/h6-9H,4-5,10H2,1-3H3,(H,17,19). The zero-order chi connectivity index (χ0) is 17.2. The molecular formula is C16H20N2O4S. The van der Waals surface area contributed by atoms with Gasteiger partial charge >= 0.3 is 0 Å². The molecule has 1 heterocycles. The monoisotopic (exact) mass is 336 g/mol. The number of likely N-dealkylation sites (N-methyl/N-ethyl adjacent to an activating group) is 1. The highest BCUT2D eigenvalue weighted by Crippen LogP contribution is 2.31. The number of benzene rings is 1. The van der Waals surface area contributed by atoms with E-state index in [-0.39, 0.29) is 27.8 Å². The molecule has 1 aromatic carbocycles. The number of Topliss-reactive ketones (excluding diaryl/α,β-unsaturated/α-hetero) is 1. The molecule has 0 saturated heterocycles. The molecule has 1 aliphatic rings. The largest absolute Gasteiger partial charge is 0.328 e. The predicted molar refractivity (Wildman–Crippen MR) is 86.1 cm³/mol. The SMILES string of the molecule is CCCCC(=O)NC(C)=C1C(=O)c2ccccc2S(=O)(=O)N1C. The van der Waals surface area contributed by atoms with Crippen molar-refractivity contribution in [1.29, 1.82) is 0 Å². The number of hydrogen-bond acceptors (Lipinski definition) is 4. The second-order valence-electron chi connectivity index (χ2n) is 5.42. The number of allylic oxidation sites excluding steroid dienone is 2. The van der Waals surface area contributed by atoms with Crippen LogP contribution in [0.5, 0.6) is 0 Å². The molecule has 1 aliphatic heterocycles. The maximum Gasteiger partial charge on any atom is 0.264 e. The van der Waals surface area contributed by atoms with E-state index < -0.39 is 15.8 Å². The van der Waals surface area contributed by atoms with Gasteiger partial charge in [0.2, 0.25) is 11.7 Å². The summed E-state index contributed by atoms with van der Waals surface area (Å²) in [5.74, 6) is -0.638. The first-order chi connectivity index (χ1) is 10.8. The lowest BCUT2D eigenvalue weighted by Gasteiger charge is -2.29. The number of nitrogens with zero attached hydrogens (tertiary/aromatic N) is 1. The van der Waals surface area contributed by atoms with Crippen molar-refractivity contribution in [2.24, 2.45) is 0 Å². The van der Waals surface area contributed by atoms with Crippen molar-refractivity contribution in [2.45, 2.75) is 38.0 Å². The number of carbonyl (C=O) groups is 2. The quantitative estimate of drug-likeness (QED) is 0.853. The van der Waals surface area contributed by atoms with Gasteiger partial charge in [-0.2, -0.15) is 0 Å². The lowest BCUT2D eigenvalue weighted by molar-refractivity contribution is -0.120. The maximum absolute atomic E-state index is 12.6. The molecule has 0 aliphatic carbocycles. The average Bonchev–Trinajstić information content (AvgIpc) is 2.51. The van der Waals surface area contributed by atoms with Gasteiger partial charge in [-0.25, -0.2) is 8.42 Å². The molecule has 1 N–H and O–H groups in total. The van der Waals surface area contributed by atoms with E-state index in [4.69, 9.17) is 0 Å².